The number of nitrogens with zero attached hydrogens (tertiary/aromatic N) is 4. The summed E-state index contributed by atoms with van der Waals surface area (Å²) in [5.74, 6) is 2.30. The standard InChI is InChI=1S/C20H24N6O4/c1-13-5-8-26(25-13)18-11-17(23-12-24-18)21-6-7-22-20(27)14-9-15(28-2)19(30-4)16(10-14)29-3/h5,8-12H,6-7H2,1-4H3,(H,22,27)(H,21,23,24). The first-order valence-corrected chi connectivity index (χ1v) is 9.22. The molecule has 0 bridgehead atoms. The van der Waals surface area contributed by atoms with E-state index >= 15 is 0 Å². The van der Waals surface area contributed by atoms with Crippen molar-refractivity contribution in [1.82, 2.24) is 25.1 Å². The Balaban J connectivity index is 1.58. The highest BCUT2D eigenvalue weighted by Crippen LogP contribution is 2.38. The highest BCUT2D eigenvalue weighted by molar-refractivity contribution is 5.95. The number of aryl methyl sites for hydroxylation is 1. The van der Waals surface area contributed by atoms with Crippen molar-refractivity contribution >= 4 is 11.7 Å². The number of methoxy groups -OCH3 is 3. The summed E-state index contributed by atoms with van der Waals surface area (Å²) in [6.07, 6.45) is 3.29. The van der Waals surface area contributed by atoms with Crippen LogP contribution in [0, 0.1) is 6.92 Å². The highest BCUT2D eigenvalue weighted by atomic mass is 16.5. The van der Waals surface area contributed by atoms with Crippen molar-refractivity contribution in [2.24, 2.45) is 0 Å². The van der Waals surface area contributed by atoms with Crippen LogP contribution in [0.5, 0.6) is 17.2 Å². The Hall–Kier alpha value is -3.82. The number of carbonyl (C=O) groups excluding carboxylic acids is 1. The van der Waals surface area contributed by atoms with Crippen molar-refractivity contribution in [1.29, 1.82) is 0 Å². The molecule has 158 valence electrons. The summed E-state index contributed by atoms with van der Waals surface area (Å²) in [6, 6.07) is 6.89. The second kappa shape index (κ2) is 9.59. The summed E-state index contributed by atoms with van der Waals surface area (Å²) in [4.78, 5) is 20.9. The summed E-state index contributed by atoms with van der Waals surface area (Å²) in [6.45, 7) is 2.77. The Labute approximate surface area is 174 Å². The minimum absolute atomic E-state index is 0.258. The van der Waals surface area contributed by atoms with E-state index in [0.29, 0.717) is 47.5 Å². The molecule has 30 heavy (non-hydrogen) atoms. The zero-order valence-corrected chi connectivity index (χ0v) is 17.3. The first-order valence-electron chi connectivity index (χ1n) is 9.22. The van der Waals surface area contributed by atoms with E-state index < -0.39 is 0 Å². The van der Waals surface area contributed by atoms with Crippen LogP contribution in [0.1, 0.15) is 16.1 Å². The number of aromatic nitrogens is 4. The molecule has 0 radical (unpaired) electrons. The molecule has 3 aromatic rings. The molecule has 2 heterocycles. The maximum atomic E-state index is 12.5. The van der Waals surface area contributed by atoms with Crippen LogP contribution in [0.3, 0.4) is 0 Å². The molecule has 0 spiro atoms. The Bertz CT molecular complexity index is 995. The number of hydrogen-bond donors (Lipinski definition) is 2. The van der Waals surface area contributed by atoms with E-state index in [4.69, 9.17) is 14.2 Å². The van der Waals surface area contributed by atoms with Crippen LogP contribution in [0.15, 0.2) is 36.8 Å². The van der Waals surface area contributed by atoms with Gasteiger partial charge in [0.25, 0.3) is 5.91 Å². The quantitative estimate of drug-likeness (QED) is 0.512. The Morgan fingerprint density at radius 1 is 1.03 bits per heavy atom. The van der Waals surface area contributed by atoms with Gasteiger partial charge < -0.3 is 24.8 Å². The average molecular weight is 412 g/mol. The molecule has 0 unspecified atom stereocenters. The summed E-state index contributed by atoms with van der Waals surface area (Å²) in [5.41, 5.74) is 1.31. The molecule has 1 aromatic carbocycles. The predicted molar refractivity (Wildman–Crippen MR) is 111 cm³/mol. The van der Waals surface area contributed by atoms with E-state index in [-0.39, 0.29) is 5.91 Å². The largest absolute Gasteiger partial charge is 0.493 e. The van der Waals surface area contributed by atoms with Gasteiger partial charge in [-0.2, -0.15) is 5.10 Å². The minimum atomic E-state index is -0.258. The topological polar surface area (TPSA) is 112 Å². The van der Waals surface area contributed by atoms with Gasteiger partial charge in [0.05, 0.1) is 27.0 Å². The van der Waals surface area contributed by atoms with Crippen molar-refractivity contribution in [2.45, 2.75) is 6.92 Å². The van der Waals surface area contributed by atoms with Crippen LogP contribution in [0.2, 0.25) is 0 Å². The maximum absolute atomic E-state index is 12.5. The number of ether oxygens (including phenoxy) is 3. The molecule has 0 saturated heterocycles. The van der Waals surface area contributed by atoms with Crippen LogP contribution in [0.25, 0.3) is 5.82 Å². The third kappa shape index (κ3) is 4.77. The van der Waals surface area contributed by atoms with Crippen LogP contribution < -0.4 is 24.8 Å². The number of benzene rings is 1. The van der Waals surface area contributed by atoms with Gasteiger partial charge in [0.2, 0.25) is 5.75 Å². The second-order valence-corrected chi connectivity index (χ2v) is 6.26. The van der Waals surface area contributed by atoms with Gasteiger partial charge in [0, 0.05) is 30.9 Å². The molecule has 0 fully saturated rings. The van der Waals surface area contributed by atoms with Gasteiger partial charge in [0.15, 0.2) is 17.3 Å². The number of nitrogens with one attached hydrogen (secondary N) is 2. The zero-order chi connectivity index (χ0) is 21.5. The van der Waals surface area contributed by atoms with Crippen molar-refractivity contribution < 1.29 is 19.0 Å². The molecule has 3 rings (SSSR count). The van der Waals surface area contributed by atoms with Gasteiger partial charge in [-0.05, 0) is 25.1 Å². The minimum Gasteiger partial charge on any atom is -0.493 e. The Morgan fingerprint density at radius 2 is 1.77 bits per heavy atom. The lowest BCUT2D eigenvalue weighted by atomic mass is 10.1. The predicted octanol–water partition coefficient (Wildman–Crippen LogP) is 1.84. The van der Waals surface area contributed by atoms with E-state index in [1.165, 1.54) is 27.7 Å². The fourth-order valence-corrected chi connectivity index (χ4v) is 2.79. The number of hydrogen-bond acceptors (Lipinski definition) is 8. The molecule has 0 aliphatic rings. The van der Waals surface area contributed by atoms with Gasteiger partial charge in [0.1, 0.15) is 12.1 Å². The molecular weight excluding hydrogens is 388 g/mol. The van der Waals surface area contributed by atoms with Crippen LogP contribution in [-0.2, 0) is 0 Å². The number of anilines is 1. The third-order valence-electron chi connectivity index (χ3n) is 4.25. The average Bonchev–Trinajstić information content (AvgIpc) is 3.22. The molecule has 10 nitrogen and oxygen atoms in total. The Kier molecular flexibility index (Phi) is 6.68. The molecule has 0 aliphatic carbocycles. The van der Waals surface area contributed by atoms with Crippen molar-refractivity contribution in [2.75, 3.05) is 39.7 Å². The molecule has 2 aromatic heterocycles. The van der Waals surface area contributed by atoms with E-state index in [1.54, 1.807) is 22.9 Å². The summed E-state index contributed by atoms with van der Waals surface area (Å²) >= 11 is 0. The van der Waals surface area contributed by atoms with Crippen LogP contribution in [0.4, 0.5) is 5.82 Å². The first kappa shape index (κ1) is 20.9. The zero-order valence-electron chi connectivity index (χ0n) is 17.3. The Morgan fingerprint density at radius 3 is 2.37 bits per heavy atom. The first-order chi connectivity index (χ1) is 14.5. The molecule has 0 aliphatic heterocycles. The van der Waals surface area contributed by atoms with E-state index in [9.17, 15) is 4.79 Å². The fraction of sp³-hybridized carbons (Fsp3) is 0.300. The smallest absolute Gasteiger partial charge is 0.251 e. The normalized spacial score (nSPS) is 10.4. The SMILES string of the molecule is COc1cc(C(=O)NCCNc2cc(-n3ccc(C)n3)ncn2)cc(OC)c1OC. The number of rotatable bonds is 9. The number of amides is 1. The van der Waals surface area contributed by atoms with Gasteiger partial charge >= 0.3 is 0 Å². The van der Waals surface area contributed by atoms with Gasteiger partial charge in [-0.1, -0.05) is 0 Å². The summed E-state index contributed by atoms with van der Waals surface area (Å²) < 4.78 is 17.5. The molecule has 2 N–H and O–H groups in total. The van der Waals surface area contributed by atoms with Gasteiger partial charge in [-0.3, -0.25) is 4.79 Å². The second-order valence-electron chi connectivity index (χ2n) is 6.26. The van der Waals surface area contributed by atoms with Crippen LogP contribution >= 0.6 is 0 Å². The van der Waals surface area contributed by atoms with E-state index in [1.807, 2.05) is 19.2 Å². The van der Waals surface area contributed by atoms with Gasteiger partial charge in [-0.15, -0.1) is 0 Å². The molecule has 1 amide bonds. The molecule has 10 heteroatoms. The van der Waals surface area contributed by atoms with Crippen molar-refractivity contribution in [3.8, 4) is 23.1 Å². The fourth-order valence-electron chi connectivity index (χ4n) is 2.79. The van der Waals surface area contributed by atoms with E-state index in [0.717, 1.165) is 5.69 Å². The lowest BCUT2D eigenvalue weighted by Gasteiger charge is -2.14. The van der Waals surface area contributed by atoms with E-state index in [2.05, 4.69) is 25.7 Å². The van der Waals surface area contributed by atoms with Gasteiger partial charge in [-0.25, -0.2) is 14.6 Å². The summed E-state index contributed by atoms with van der Waals surface area (Å²) in [7, 11) is 4.52. The molecule has 0 atom stereocenters. The van der Waals surface area contributed by atoms with Crippen molar-refractivity contribution in [3.05, 3.63) is 48.0 Å². The highest BCUT2D eigenvalue weighted by Gasteiger charge is 2.16. The molecular formula is C20H24N6O4. The lowest BCUT2D eigenvalue weighted by Crippen LogP contribution is -2.29. The maximum Gasteiger partial charge on any atom is 0.251 e. The van der Waals surface area contributed by atoms with Crippen LogP contribution in [-0.4, -0.2) is 60.1 Å². The monoisotopic (exact) mass is 412 g/mol. The van der Waals surface area contributed by atoms with Crippen molar-refractivity contribution in [3.63, 3.8) is 0 Å². The lowest BCUT2D eigenvalue weighted by molar-refractivity contribution is 0.0954. The number of carbonyl (C=O) groups is 1. The molecule has 0 saturated carbocycles. The third-order valence-corrected chi connectivity index (χ3v) is 4.25. The summed E-state index contributed by atoms with van der Waals surface area (Å²) in [5, 5.41) is 10.3.